The highest BCUT2D eigenvalue weighted by atomic mass is 16.5. The molecular formula is C20H26N2O4. The largest absolute Gasteiger partial charge is 0.368 e. The first-order valence-corrected chi connectivity index (χ1v) is 9.29. The minimum atomic E-state index is -0.375. The number of hydrogen-bond acceptors (Lipinski definition) is 4. The average Bonchev–Trinajstić information content (AvgIpc) is 3.19. The molecule has 0 bridgehead atoms. The van der Waals surface area contributed by atoms with E-state index in [1.54, 1.807) is 4.90 Å². The first-order chi connectivity index (χ1) is 12.5. The Morgan fingerprint density at radius 2 is 2.08 bits per heavy atom. The van der Waals surface area contributed by atoms with Crippen molar-refractivity contribution >= 4 is 17.6 Å². The third-order valence-electron chi connectivity index (χ3n) is 5.12. The van der Waals surface area contributed by atoms with Gasteiger partial charge in [-0.1, -0.05) is 37.3 Å². The lowest BCUT2D eigenvalue weighted by atomic mass is 10.0. The highest BCUT2D eigenvalue weighted by Crippen LogP contribution is 2.28. The Hall–Kier alpha value is -2.21. The predicted molar refractivity (Wildman–Crippen MR) is 96.4 cm³/mol. The van der Waals surface area contributed by atoms with Gasteiger partial charge in [0.05, 0.1) is 12.5 Å². The smallest absolute Gasteiger partial charge is 0.224 e. The summed E-state index contributed by atoms with van der Waals surface area (Å²) in [4.78, 5) is 38.0. The molecule has 0 aromatic heterocycles. The summed E-state index contributed by atoms with van der Waals surface area (Å²) in [5.41, 5.74) is 0.986. The predicted octanol–water partition coefficient (Wildman–Crippen LogP) is 1.33. The number of rotatable bonds is 7. The number of nitrogens with zero attached hydrogens (tertiary/aromatic N) is 1. The highest BCUT2D eigenvalue weighted by molar-refractivity contribution is 5.92. The van der Waals surface area contributed by atoms with E-state index >= 15 is 0 Å². The molecule has 2 aliphatic rings. The molecule has 0 saturated carbocycles. The zero-order chi connectivity index (χ0) is 18.5. The van der Waals surface area contributed by atoms with Gasteiger partial charge < -0.3 is 15.0 Å². The second kappa shape index (κ2) is 8.45. The topological polar surface area (TPSA) is 75.7 Å². The van der Waals surface area contributed by atoms with Crippen molar-refractivity contribution in [3.8, 4) is 0 Å². The molecular weight excluding hydrogens is 332 g/mol. The molecule has 26 heavy (non-hydrogen) atoms. The molecule has 2 fully saturated rings. The van der Waals surface area contributed by atoms with Gasteiger partial charge in [0.15, 0.2) is 5.78 Å². The maximum Gasteiger partial charge on any atom is 0.224 e. The second-order valence-corrected chi connectivity index (χ2v) is 7.25. The van der Waals surface area contributed by atoms with Gasteiger partial charge in [0.1, 0.15) is 12.6 Å². The molecule has 140 valence electrons. The lowest BCUT2D eigenvalue weighted by Gasteiger charge is -2.23. The summed E-state index contributed by atoms with van der Waals surface area (Å²) in [6, 6.07) is 9.24. The number of amides is 2. The molecule has 6 heteroatoms. The van der Waals surface area contributed by atoms with Gasteiger partial charge in [-0.15, -0.1) is 0 Å². The first kappa shape index (κ1) is 18.6. The number of hydrogen-bond donors (Lipinski definition) is 1. The van der Waals surface area contributed by atoms with Crippen molar-refractivity contribution in [3.63, 3.8) is 0 Å². The summed E-state index contributed by atoms with van der Waals surface area (Å²) in [6.45, 7) is 3.28. The van der Waals surface area contributed by atoms with Gasteiger partial charge in [-0.3, -0.25) is 14.4 Å². The molecule has 3 rings (SSSR count). The van der Waals surface area contributed by atoms with Crippen LogP contribution in [-0.2, 0) is 25.5 Å². The van der Waals surface area contributed by atoms with E-state index in [-0.39, 0.29) is 42.3 Å². The van der Waals surface area contributed by atoms with Crippen LogP contribution in [0.25, 0.3) is 0 Å². The van der Waals surface area contributed by atoms with E-state index in [9.17, 15) is 14.4 Å². The van der Waals surface area contributed by atoms with Gasteiger partial charge in [0.25, 0.3) is 0 Å². The molecule has 0 spiro atoms. The van der Waals surface area contributed by atoms with Crippen LogP contribution in [0.3, 0.4) is 0 Å². The summed E-state index contributed by atoms with van der Waals surface area (Å²) >= 11 is 0. The normalized spacial score (nSPS) is 23.0. The molecule has 0 aliphatic carbocycles. The number of fused-ring (bicyclic) bond motifs is 1. The van der Waals surface area contributed by atoms with E-state index in [1.165, 1.54) is 0 Å². The Morgan fingerprint density at radius 1 is 1.31 bits per heavy atom. The molecule has 1 aromatic rings. The van der Waals surface area contributed by atoms with Crippen LogP contribution in [0.5, 0.6) is 0 Å². The number of nitrogens with one attached hydrogen (secondary N) is 1. The van der Waals surface area contributed by atoms with E-state index in [2.05, 4.69) is 5.32 Å². The van der Waals surface area contributed by atoms with Crippen LogP contribution >= 0.6 is 0 Å². The van der Waals surface area contributed by atoms with Gasteiger partial charge in [-0.25, -0.2) is 0 Å². The molecule has 2 amide bonds. The standard InChI is InChI=1S/C20H26N2O4/c1-14(7-9-21-18(24)12-15-5-3-2-4-6-15)11-19(25)22-10-8-17-20(22)16(23)13-26-17/h2-6,14,17,20H,7-13H2,1H3,(H,21,24). The minimum absolute atomic E-state index is 0.00851. The Balaban J connectivity index is 1.37. The number of Topliss-reactive ketones (excluding diaryl/α,β-unsaturated/α-hetero) is 1. The quantitative estimate of drug-likeness (QED) is 0.798. The Kier molecular flexibility index (Phi) is 6.04. The lowest BCUT2D eigenvalue weighted by Crippen LogP contribution is -2.42. The molecule has 2 saturated heterocycles. The maximum atomic E-state index is 12.5. The van der Waals surface area contributed by atoms with Crippen molar-refractivity contribution in [2.24, 2.45) is 5.92 Å². The van der Waals surface area contributed by atoms with E-state index in [4.69, 9.17) is 4.74 Å². The average molecular weight is 358 g/mol. The Bertz CT molecular complexity index is 661. The van der Waals surface area contributed by atoms with E-state index in [0.717, 1.165) is 18.4 Å². The fourth-order valence-electron chi connectivity index (χ4n) is 3.69. The molecule has 6 nitrogen and oxygen atoms in total. The number of ketones is 1. The van der Waals surface area contributed by atoms with Gasteiger partial charge in [-0.05, 0) is 24.3 Å². The summed E-state index contributed by atoms with van der Waals surface area (Å²) in [5.74, 6) is 0.169. The number of benzene rings is 1. The fourth-order valence-corrected chi connectivity index (χ4v) is 3.69. The van der Waals surface area contributed by atoms with Crippen molar-refractivity contribution < 1.29 is 19.1 Å². The highest BCUT2D eigenvalue weighted by Gasteiger charge is 2.46. The number of carbonyl (C=O) groups is 3. The molecule has 2 aliphatic heterocycles. The number of likely N-dealkylation sites (tertiary alicyclic amines) is 1. The van der Waals surface area contributed by atoms with Gasteiger partial charge in [-0.2, -0.15) is 0 Å². The molecule has 3 atom stereocenters. The summed E-state index contributed by atoms with van der Waals surface area (Å²) in [7, 11) is 0. The lowest BCUT2D eigenvalue weighted by molar-refractivity contribution is -0.137. The molecule has 1 aromatic carbocycles. The van der Waals surface area contributed by atoms with Crippen LogP contribution in [0, 0.1) is 5.92 Å². The number of carbonyl (C=O) groups excluding carboxylic acids is 3. The fraction of sp³-hybridized carbons (Fsp3) is 0.550. The van der Waals surface area contributed by atoms with Crippen molar-refractivity contribution in [2.75, 3.05) is 19.7 Å². The van der Waals surface area contributed by atoms with Gasteiger partial charge in [0, 0.05) is 19.5 Å². The second-order valence-electron chi connectivity index (χ2n) is 7.25. The van der Waals surface area contributed by atoms with Crippen molar-refractivity contribution in [3.05, 3.63) is 35.9 Å². The monoisotopic (exact) mass is 358 g/mol. The third-order valence-corrected chi connectivity index (χ3v) is 5.12. The van der Waals surface area contributed by atoms with Crippen LogP contribution in [0.2, 0.25) is 0 Å². The Morgan fingerprint density at radius 3 is 2.85 bits per heavy atom. The van der Waals surface area contributed by atoms with Crippen molar-refractivity contribution in [2.45, 2.75) is 44.8 Å². The minimum Gasteiger partial charge on any atom is -0.368 e. The summed E-state index contributed by atoms with van der Waals surface area (Å²) in [5, 5.41) is 2.91. The summed E-state index contributed by atoms with van der Waals surface area (Å²) < 4.78 is 5.42. The van der Waals surface area contributed by atoms with Gasteiger partial charge >= 0.3 is 0 Å². The van der Waals surface area contributed by atoms with Gasteiger partial charge in [0.2, 0.25) is 11.8 Å². The maximum absolute atomic E-state index is 12.5. The van der Waals surface area contributed by atoms with Crippen molar-refractivity contribution in [1.29, 1.82) is 0 Å². The third kappa shape index (κ3) is 4.49. The zero-order valence-corrected chi connectivity index (χ0v) is 15.1. The van der Waals surface area contributed by atoms with Crippen LogP contribution in [-0.4, -0.2) is 54.3 Å². The Labute approximate surface area is 153 Å². The zero-order valence-electron chi connectivity index (χ0n) is 15.1. The first-order valence-electron chi connectivity index (χ1n) is 9.29. The van der Waals surface area contributed by atoms with E-state index in [1.807, 2.05) is 37.3 Å². The van der Waals surface area contributed by atoms with Crippen molar-refractivity contribution in [1.82, 2.24) is 10.2 Å². The SMILES string of the molecule is CC(CCNC(=O)Cc1ccccc1)CC(=O)N1CCC2OCC(=O)C21. The molecule has 1 N–H and O–H groups in total. The van der Waals surface area contributed by atoms with Crippen LogP contribution in [0.15, 0.2) is 30.3 Å². The van der Waals surface area contributed by atoms with E-state index < -0.39 is 0 Å². The molecule has 2 heterocycles. The van der Waals surface area contributed by atoms with Crippen LogP contribution in [0.4, 0.5) is 0 Å². The summed E-state index contributed by atoms with van der Waals surface area (Å²) in [6.07, 6.45) is 2.13. The van der Waals surface area contributed by atoms with Crippen LogP contribution in [0.1, 0.15) is 31.7 Å². The number of ether oxygens (including phenoxy) is 1. The van der Waals surface area contributed by atoms with Crippen LogP contribution < -0.4 is 5.32 Å². The molecule has 0 radical (unpaired) electrons. The molecule has 3 unspecified atom stereocenters. The van der Waals surface area contributed by atoms with E-state index in [0.29, 0.717) is 25.9 Å².